The van der Waals surface area contributed by atoms with E-state index in [1.54, 1.807) is 18.2 Å². The molecule has 5 nitrogen and oxygen atoms in total. The van der Waals surface area contributed by atoms with Gasteiger partial charge in [0.15, 0.2) is 0 Å². The molecule has 2 aromatic carbocycles. The highest BCUT2D eigenvalue weighted by Crippen LogP contribution is 2.29. The molecule has 0 bridgehead atoms. The van der Waals surface area contributed by atoms with Gasteiger partial charge in [0.25, 0.3) is 0 Å². The fourth-order valence-corrected chi connectivity index (χ4v) is 3.76. The van der Waals surface area contributed by atoms with Gasteiger partial charge in [-0.3, -0.25) is 9.69 Å². The third-order valence-corrected chi connectivity index (χ3v) is 5.83. The van der Waals surface area contributed by atoms with E-state index < -0.39 is 5.60 Å². The minimum absolute atomic E-state index is 0.0763. The van der Waals surface area contributed by atoms with Crippen LogP contribution in [0.2, 0.25) is 10.0 Å². The lowest BCUT2D eigenvalue weighted by molar-refractivity contribution is -0.114. The summed E-state index contributed by atoms with van der Waals surface area (Å²) < 4.78 is 5.79. The van der Waals surface area contributed by atoms with Crippen LogP contribution < -0.4 is 10.1 Å². The van der Waals surface area contributed by atoms with Crippen molar-refractivity contribution in [1.29, 1.82) is 0 Å². The van der Waals surface area contributed by atoms with Crippen LogP contribution in [0.5, 0.6) is 5.75 Å². The first-order chi connectivity index (χ1) is 13.8. The minimum Gasteiger partial charge on any atom is -0.491 e. The molecule has 1 heterocycles. The van der Waals surface area contributed by atoms with Crippen LogP contribution in [0.25, 0.3) is 0 Å². The van der Waals surface area contributed by atoms with Crippen molar-refractivity contribution in [3.8, 4) is 5.75 Å². The maximum Gasteiger partial charge on any atom is 0.221 e. The largest absolute Gasteiger partial charge is 0.491 e. The van der Waals surface area contributed by atoms with Crippen molar-refractivity contribution in [3.05, 3.63) is 58.1 Å². The number of hydrogen-bond donors (Lipinski definition) is 2. The summed E-state index contributed by atoms with van der Waals surface area (Å²) in [6.07, 6.45) is 2.22. The molecule has 0 unspecified atom stereocenters. The van der Waals surface area contributed by atoms with Crippen LogP contribution in [0.4, 0.5) is 5.69 Å². The van der Waals surface area contributed by atoms with E-state index in [-0.39, 0.29) is 12.5 Å². The van der Waals surface area contributed by atoms with E-state index in [4.69, 9.17) is 27.9 Å². The molecule has 0 radical (unpaired) electrons. The second kappa shape index (κ2) is 9.81. The first-order valence-electron chi connectivity index (χ1n) is 9.72. The Bertz CT molecular complexity index is 844. The molecule has 0 saturated carbocycles. The van der Waals surface area contributed by atoms with Crippen molar-refractivity contribution in [2.45, 2.75) is 38.3 Å². The number of rotatable bonds is 6. The van der Waals surface area contributed by atoms with Gasteiger partial charge in [-0.25, -0.2) is 0 Å². The number of ether oxygens (including phenoxy) is 1. The van der Waals surface area contributed by atoms with Crippen LogP contribution in [0.15, 0.2) is 42.5 Å². The number of halogens is 2. The fraction of sp³-hybridized carbons (Fsp3) is 0.409. The summed E-state index contributed by atoms with van der Waals surface area (Å²) in [5.41, 5.74) is 1.11. The summed E-state index contributed by atoms with van der Waals surface area (Å²) in [7, 11) is 0. The lowest BCUT2D eigenvalue weighted by Crippen LogP contribution is -2.37. The second-order valence-electron chi connectivity index (χ2n) is 7.60. The standard InChI is InChI=1S/C22H26Cl2N2O3/c1-16(27)25-18-5-3-17(4-6-18)14-26-11-2-9-22(28,10-12-26)15-29-19-7-8-20(23)21(24)13-19/h3-8,13,28H,2,9-12,14-15H2,1H3,(H,25,27)/t22-/m0/s1. The van der Waals surface area contributed by atoms with E-state index in [1.165, 1.54) is 12.5 Å². The van der Waals surface area contributed by atoms with Gasteiger partial charge in [0.1, 0.15) is 12.4 Å². The van der Waals surface area contributed by atoms with Crippen LogP contribution in [-0.4, -0.2) is 41.2 Å². The molecule has 7 heteroatoms. The van der Waals surface area contributed by atoms with Gasteiger partial charge in [-0.15, -0.1) is 0 Å². The molecule has 1 amide bonds. The smallest absolute Gasteiger partial charge is 0.221 e. The van der Waals surface area contributed by atoms with Crippen LogP contribution >= 0.6 is 23.2 Å². The number of nitrogens with one attached hydrogen (secondary N) is 1. The van der Waals surface area contributed by atoms with E-state index in [1.807, 2.05) is 24.3 Å². The second-order valence-corrected chi connectivity index (χ2v) is 8.41. The first-order valence-corrected chi connectivity index (χ1v) is 10.5. The number of amides is 1. The van der Waals surface area contributed by atoms with Gasteiger partial charge in [0.05, 0.1) is 15.6 Å². The Balaban J connectivity index is 1.52. The predicted molar refractivity (Wildman–Crippen MR) is 117 cm³/mol. The Morgan fingerprint density at radius 3 is 2.59 bits per heavy atom. The topological polar surface area (TPSA) is 61.8 Å². The zero-order chi connectivity index (χ0) is 20.9. The van der Waals surface area contributed by atoms with Crippen molar-refractivity contribution in [2.75, 3.05) is 25.0 Å². The Labute approximate surface area is 181 Å². The number of likely N-dealkylation sites (tertiary alicyclic amines) is 1. The molecule has 0 aliphatic carbocycles. The third kappa shape index (κ3) is 6.61. The van der Waals surface area contributed by atoms with Gasteiger partial charge in [-0.1, -0.05) is 35.3 Å². The van der Waals surface area contributed by atoms with Gasteiger partial charge >= 0.3 is 0 Å². The number of hydrogen-bond acceptors (Lipinski definition) is 4. The molecule has 2 N–H and O–H groups in total. The highest BCUT2D eigenvalue weighted by molar-refractivity contribution is 6.42. The van der Waals surface area contributed by atoms with E-state index >= 15 is 0 Å². The number of nitrogens with zero attached hydrogens (tertiary/aromatic N) is 1. The fourth-order valence-electron chi connectivity index (χ4n) is 3.48. The Kier molecular flexibility index (Phi) is 7.41. The monoisotopic (exact) mass is 436 g/mol. The van der Waals surface area contributed by atoms with Crippen molar-refractivity contribution < 1.29 is 14.6 Å². The van der Waals surface area contributed by atoms with E-state index in [2.05, 4.69) is 10.2 Å². The molecule has 1 fully saturated rings. The molecule has 0 aromatic heterocycles. The maximum atomic E-state index is 11.1. The average molecular weight is 437 g/mol. The summed E-state index contributed by atoms with van der Waals surface area (Å²) >= 11 is 12.0. The summed E-state index contributed by atoms with van der Waals surface area (Å²) in [5, 5.41) is 14.7. The molecule has 1 saturated heterocycles. The molecule has 1 aliphatic rings. The van der Waals surface area contributed by atoms with Crippen molar-refractivity contribution >= 4 is 34.8 Å². The summed E-state index contributed by atoms with van der Waals surface area (Å²) in [5.74, 6) is 0.529. The number of anilines is 1. The van der Waals surface area contributed by atoms with Crippen molar-refractivity contribution in [3.63, 3.8) is 0 Å². The van der Waals surface area contributed by atoms with Crippen LogP contribution in [-0.2, 0) is 11.3 Å². The van der Waals surface area contributed by atoms with Gasteiger partial charge < -0.3 is 15.2 Å². The maximum absolute atomic E-state index is 11.1. The normalized spacial score (nSPS) is 20.1. The Morgan fingerprint density at radius 2 is 1.90 bits per heavy atom. The molecule has 29 heavy (non-hydrogen) atoms. The molecular weight excluding hydrogens is 411 g/mol. The summed E-state index contributed by atoms with van der Waals surface area (Å²) in [4.78, 5) is 13.5. The lowest BCUT2D eigenvalue weighted by atomic mass is 9.96. The van der Waals surface area contributed by atoms with E-state index in [0.717, 1.165) is 31.7 Å². The highest BCUT2D eigenvalue weighted by atomic mass is 35.5. The molecule has 0 spiro atoms. The van der Waals surface area contributed by atoms with Gasteiger partial charge in [-0.05, 0) is 55.6 Å². The third-order valence-electron chi connectivity index (χ3n) is 5.09. The molecule has 3 rings (SSSR count). The Morgan fingerprint density at radius 1 is 1.14 bits per heavy atom. The van der Waals surface area contributed by atoms with Crippen LogP contribution in [0, 0.1) is 0 Å². The zero-order valence-corrected chi connectivity index (χ0v) is 18.0. The molecule has 1 atom stereocenters. The van der Waals surface area contributed by atoms with Gasteiger partial charge in [-0.2, -0.15) is 0 Å². The van der Waals surface area contributed by atoms with E-state index in [9.17, 15) is 9.90 Å². The lowest BCUT2D eigenvalue weighted by Gasteiger charge is -2.27. The van der Waals surface area contributed by atoms with Crippen LogP contribution in [0.1, 0.15) is 31.7 Å². The highest BCUT2D eigenvalue weighted by Gasteiger charge is 2.31. The number of carbonyl (C=O) groups is 1. The van der Waals surface area contributed by atoms with Gasteiger partial charge in [0.2, 0.25) is 5.91 Å². The first kappa shape index (κ1) is 21.9. The molecule has 156 valence electrons. The van der Waals surface area contributed by atoms with Crippen LogP contribution in [0.3, 0.4) is 0 Å². The summed E-state index contributed by atoms with van der Waals surface area (Å²) in [6.45, 7) is 4.24. The number of benzene rings is 2. The zero-order valence-electron chi connectivity index (χ0n) is 16.5. The van der Waals surface area contributed by atoms with Gasteiger partial charge in [0, 0.05) is 31.8 Å². The number of carbonyl (C=O) groups excluding carboxylic acids is 1. The SMILES string of the molecule is CC(=O)Nc1ccc(CN2CCC[C@@](O)(COc3ccc(Cl)c(Cl)c3)CC2)cc1. The summed E-state index contributed by atoms with van der Waals surface area (Å²) in [6, 6.07) is 13.0. The molecular formula is C22H26Cl2N2O3. The Hall–Kier alpha value is -1.79. The van der Waals surface area contributed by atoms with E-state index in [0.29, 0.717) is 28.6 Å². The van der Waals surface area contributed by atoms with Crippen molar-refractivity contribution in [1.82, 2.24) is 4.90 Å². The molecule has 1 aliphatic heterocycles. The average Bonchev–Trinajstić information content (AvgIpc) is 2.86. The quantitative estimate of drug-likeness (QED) is 0.685. The molecule has 2 aromatic rings. The number of aliphatic hydroxyl groups is 1. The minimum atomic E-state index is -0.865. The van der Waals surface area contributed by atoms with Crippen molar-refractivity contribution in [2.24, 2.45) is 0 Å². The predicted octanol–water partition coefficient (Wildman–Crippen LogP) is 4.75.